The molecule has 1 aliphatic carbocycles. The maximum absolute atomic E-state index is 12.5. The average Bonchev–Trinajstić information content (AvgIpc) is 2.92. The van der Waals surface area contributed by atoms with E-state index in [-0.39, 0.29) is 28.6 Å². The number of aromatic hydroxyl groups is 1. The van der Waals surface area contributed by atoms with E-state index in [9.17, 15) is 18.6 Å². The van der Waals surface area contributed by atoms with E-state index in [1.165, 1.54) is 28.6 Å². The van der Waals surface area contributed by atoms with Crippen LogP contribution in [0.15, 0.2) is 29.2 Å². The summed E-state index contributed by atoms with van der Waals surface area (Å²) in [5.41, 5.74) is 0. The summed E-state index contributed by atoms with van der Waals surface area (Å²) in [7, 11) is -3.56. The van der Waals surface area contributed by atoms with Crippen LogP contribution < -0.4 is 0 Å². The van der Waals surface area contributed by atoms with E-state index in [1.54, 1.807) is 0 Å². The van der Waals surface area contributed by atoms with Gasteiger partial charge in [-0.05, 0) is 37.0 Å². The summed E-state index contributed by atoms with van der Waals surface area (Å²) in [4.78, 5) is 0.113. The number of fused-ring (bicyclic) bond motifs is 1. The molecule has 0 radical (unpaired) electrons. The van der Waals surface area contributed by atoms with E-state index in [4.69, 9.17) is 0 Å². The van der Waals surface area contributed by atoms with Gasteiger partial charge >= 0.3 is 0 Å². The Morgan fingerprint density at radius 1 is 1.21 bits per heavy atom. The molecule has 0 bridgehead atoms. The molecule has 1 aliphatic heterocycles. The SMILES string of the molecule is O=S(=O)(c1cccc(O)c1)N1CC2CCC(O)C2C1. The first kappa shape index (κ1) is 12.9. The quantitative estimate of drug-likeness (QED) is 0.841. The normalized spacial score (nSPS) is 31.5. The van der Waals surface area contributed by atoms with Crippen molar-refractivity contribution in [2.75, 3.05) is 13.1 Å². The number of phenolic OH excluding ortho intramolecular Hbond substituents is 1. The summed E-state index contributed by atoms with van der Waals surface area (Å²) in [6.45, 7) is 0.851. The topological polar surface area (TPSA) is 77.8 Å². The van der Waals surface area contributed by atoms with Crippen LogP contribution in [-0.4, -0.2) is 42.1 Å². The van der Waals surface area contributed by atoms with Crippen LogP contribution in [0.25, 0.3) is 0 Å². The van der Waals surface area contributed by atoms with Crippen LogP contribution in [-0.2, 0) is 10.0 Å². The number of nitrogens with zero attached hydrogens (tertiary/aromatic N) is 1. The molecular formula is C13H17NO4S. The minimum atomic E-state index is -3.56. The molecule has 3 rings (SSSR count). The van der Waals surface area contributed by atoms with Crippen molar-refractivity contribution in [3.05, 3.63) is 24.3 Å². The van der Waals surface area contributed by atoms with Crippen molar-refractivity contribution >= 4 is 10.0 Å². The van der Waals surface area contributed by atoms with Gasteiger partial charge in [0, 0.05) is 19.0 Å². The third kappa shape index (κ3) is 2.13. The molecule has 2 fully saturated rings. The smallest absolute Gasteiger partial charge is 0.243 e. The third-order valence-corrected chi connectivity index (χ3v) is 6.07. The van der Waals surface area contributed by atoms with Gasteiger partial charge in [0.05, 0.1) is 11.0 Å². The van der Waals surface area contributed by atoms with Crippen LogP contribution in [0.1, 0.15) is 12.8 Å². The zero-order valence-corrected chi connectivity index (χ0v) is 11.3. The maximum atomic E-state index is 12.5. The zero-order valence-electron chi connectivity index (χ0n) is 10.4. The number of phenols is 1. The molecule has 104 valence electrons. The number of hydrogen-bond acceptors (Lipinski definition) is 4. The standard InChI is InChI=1S/C13H17NO4S/c15-10-2-1-3-11(6-10)19(17,18)14-7-9-4-5-13(16)12(9)8-14/h1-3,6,9,12-13,15-16H,4-5,7-8H2. The molecule has 5 nitrogen and oxygen atoms in total. The van der Waals surface area contributed by atoms with E-state index in [1.807, 2.05) is 0 Å². The van der Waals surface area contributed by atoms with Gasteiger partial charge in [-0.15, -0.1) is 0 Å². The summed E-state index contributed by atoms with van der Waals surface area (Å²) in [6, 6.07) is 5.72. The van der Waals surface area contributed by atoms with Crippen LogP contribution in [0.5, 0.6) is 5.75 Å². The van der Waals surface area contributed by atoms with Crippen LogP contribution in [0.4, 0.5) is 0 Å². The highest BCUT2D eigenvalue weighted by Crippen LogP contribution is 2.40. The Kier molecular flexibility index (Phi) is 3.03. The second-order valence-corrected chi connectivity index (χ2v) is 7.33. The van der Waals surface area contributed by atoms with Gasteiger partial charge in [0.15, 0.2) is 0 Å². The summed E-state index contributed by atoms with van der Waals surface area (Å²) in [5, 5.41) is 19.2. The molecule has 0 spiro atoms. The molecule has 3 atom stereocenters. The predicted molar refractivity (Wildman–Crippen MR) is 69.1 cm³/mol. The summed E-state index contributed by atoms with van der Waals surface area (Å²) < 4.78 is 26.3. The van der Waals surface area contributed by atoms with Crippen molar-refractivity contribution < 1.29 is 18.6 Å². The Bertz CT molecular complexity index is 586. The first-order chi connectivity index (χ1) is 8.98. The highest BCUT2D eigenvalue weighted by atomic mass is 32.2. The second-order valence-electron chi connectivity index (χ2n) is 5.39. The minimum Gasteiger partial charge on any atom is -0.508 e. The van der Waals surface area contributed by atoms with Gasteiger partial charge in [-0.1, -0.05) is 6.07 Å². The molecule has 2 aliphatic rings. The molecule has 1 aromatic carbocycles. The summed E-state index contributed by atoms with van der Waals surface area (Å²) in [5.74, 6) is 0.273. The van der Waals surface area contributed by atoms with Crippen LogP contribution in [0.2, 0.25) is 0 Å². The fourth-order valence-electron chi connectivity index (χ4n) is 3.19. The van der Waals surface area contributed by atoms with Crippen molar-refractivity contribution in [3.8, 4) is 5.75 Å². The lowest BCUT2D eigenvalue weighted by molar-refractivity contribution is 0.129. The molecule has 6 heteroatoms. The first-order valence-electron chi connectivity index (χ1n) is 6.46. The largest absolute Gasteiger partial charge is 0.508 e. The number of aliphatic hydroxyl groups is 1. The van der Waals surface area contributed by atoms with Crippen LogP contribution >= 0.6 is 0 Å². The van der Waals surface area contributed by atoms with Crippen molar-refractivity contribution in [1.82, 2.24) is 4.31 Å². The van der Waals surface area contributed by atoms with Crippen LogP contribution in [0, 0.1) is 11.8 Å². The lowest BCUT2D eigenvalue weighted by Gasteiger charge is -2.18. The molecule has 1 aromatic rings. The number of aliphatic hydroxyl groups excluding tert-OH is 1. The van der Waals surface area contributed by atoms with Gasteiger partial charge in [-0.3, -0.25) is 0 Å². The minimum absolute atomic E-state index is 0.0551. The first-order valence-corrected chi connectivity index (χ1v) is 7.90. The Morgan fingerprint density at radius 3 is 2.68 bits per heavy atom. The van der Waals surface area contributed by atoms with E-state index >= 15 is 0 Å². The molecule has 0 amide bonds. The van der Waals surface area contributed by atoms with E-state index in [2.05, 4.69) is 0 Å². The number of benzene rings is 1. The van der Waals surface area contributed by atoms with Crippen molar-refractivity contribution in [1.29, 1.82) is 0 Å². The van der Waals surface area contributed by atoms with E-state index < -0.39 is 10.0 Å². The van der Waals surface area contributed by atoms with Gasteiger partial charge in [-0.2, -0.15) is 4.31 Å². The molecule has 1 heterocycles. The third-order valence-electron chi connectivity index (χ3n) is 4.24. The molecule has 1 saturated carbocycles. The molecule has 0 aromatic heterocycles. The highest BCUT2D eigenvalue weighted by molar-refractivity contribution is 7.89. The number of hydrogen-bond donors (Lipinski definition) is 2. The molecule has 1 saturated heterocycles. The van der Waals surface area contributed by atoms with E-state index in [0.717, 1.165) is 12.8 Å². The molecule has 19 heavy (non-hydrogen) atoms. The number of rotatable bonds is 2. The Labute approximate surface area is 112 Å². The van der Waals surface area contributed by atoms with Gasteiger partial charge in [0.2, 0.25) is 10.0 Å². The van der Waals surface area contributed by atoms with Gasteiger partial charge in [0.1, 0.15) is 5.75 Å². The zero-order chi connectivity index (χ0) is 13.6. The van der Waals surface area contributed by atoms with Gasteiger partial charge < -0.3 is 10.2 Å². The Balaban J connectivity index is 1.87. The van der Waals surface area contributed by atoms with Crippen molar-refractivity contribution in [2.24, 2.45) is 11.8 Å². The number of sulfonamides is 1. The fourth-order valence-corrected chi connectivity index (χ4v) is 4.76. The lowest BCUT2D eigenvalue weighted by atomic mass is 10.00. The predicted octanol–water partition coefficient (Wildman–Crippen LogP) is 0.784. The molecule has 3 unspecified atom stereocenters. The second kappa shape index (κ2) is 4.47. The summed E-state index contributed by atoms with van der Waals surface area (Å²) in [6.07, 6.45) is 1.28. The lowest BCUT2D eigenvalue weighted by Crippen LogP contribution is -2.31. The highest BCUT2D eigenvalue weighted by Gasteiger charge is 2.45. The van der Waals surface area contributed by atoms with Crippen LogP contribution in [0.3, 0.4) is 0 Å². The Morgan fingerprint density at radius 2 is 2.00 bits per heavy atom. The van der Waals surface area contributed by atoms with Crippen molar-refractivity contribution in [2.45, 2.75) is 23.8 Å². The molecular weight excluding hydrogens is 266 g/mol. The Hall–Kier alpha value is -1.11. The van der Waals surface area contributed by atoms with Gasteiger partial charge in [0.25, 0.3) is 0 Å². The average molecular weight is 283 g/mol. The van der Waals surface area contributed by atoms with Gasteiger partial charge in [-0.25, -0.2) is 8.42 Å². The fraction of sp³-hybridized carbons (Fsp3) is 0.538. The molecule has 2 N–H and O–H groups in total. The van der Waals surface area contributed by atoms with E-state index in [0.29, 0.717) is 13.1 Å². The maximum Gasteiger partial charge on any atom is 0.243 e. The monoisotopic (exact) mass is 283 g/mol. The van der Waals surface area contributed by atoms with Crippen molar-refractivity contribution in [3.63, 3.8) is 0 Å². The summed E-state index contributed by atoms with van der Waals surface area (Å²) >= 11 is 0.